The molecule has 320 valence electrons. The van der Waals surface area contributed by atoms with Gasteiger partial charge in [0.05, 0.1) is 11.0 Å². The Bertz CT molecular complexity index is 3590. The van der Waals surface area contributed by atoms with Gasteiger partial charge in [-0.25, -0.2) is 0 Å². The van der Waals surface area contributed by atoms with Crippen molar-refractivity contribution in [2.75, 3.05) is 4.90 Å². The standard InChI is InChI=1S/C66H46N2/c1-6-18-47(19-7-1)50-32-38-57(39-33-50)67(58-40-34-51(35-41-58)48-20-8-2-9-21-48)59-29-16-26-54(44-59)60-30-17-31-61(66(60)52-24-12-4-13-25-52)55-37-43-65-63(46-55)62-45-53(49-22-10-3-11-23-49)36-42-64(62)68(65)56-27-14-5-15-28-56/h1-46H. The van der Waals surface area contributed by atoms with Gasteiger partial charge in [0.1, 0.15) is 0 Å². The average Bonchev–Trinajstić information content (AvgIpc) is 3.75. The Morgan fingerprint density at radius 1 is 0.235 bits per heavy atom. The van der Waals surface area contributed by atoms with E-state index in [4.69, 9.17) is 0 Å². The predicted octanol–water partition coefficient (Wildman–Crippen LogP) is 18.3. The molecular formula is C66H46N2. The van der Waals surface area contributed by atoms with Gasteiger partial charge in [-0.1, -0.05) is 206 Å². The highest BCUT2D eigenvalue weighted by molar-refractivity contribution is 6.12. The molecule has 0 aliphatic heterocycles. The molecule has 0 amide bonds. The second-order valence-electron chi connectivity index (χ2n) is 17.3. The Morgan fingerprint density at radius 3 is 1.12 bits per heavy atom. The van der Waals surface area contributed by atoms with E-state index in [2.05, 4.69) is 289 Å². The average molecular weight is 867 g/mol. The Hall–Kier alpha value is -8.98. The molecule has 0 aliphatic rings. The molecule has 2 nitrogen and oxygen atoms in total. The summed E-state index contributed by atoms with van der Waals surface area (Å²) in [5.41, 5.74) is 21.0. The normalized spacial score (nSPS) is 11.2. The predicted molar refractivity (Wildman–Crippen MR) is 288 cm³/mol. The molecule has 0 radical (unpaired) electrons. The van der Waals surface area contributed by atoms with Crippen molar-refractivity contribution in [1.29, 1.82) is 0 Å². The number of anilines is 3. The van der Waals surface area contributed by atoms with Crippen molar-refractivity contribution in [1.82, 2.24) is 4.57 Å². The molecule has 2 heteroatoms. The highest BCUT2D eigenvalue weighted by Crippen LogP contribution is 2.45. The monoisotopic (exact) mass is 866 g/mol. The molecule has 12 rings (SSSR count). The van der Waals surface area contributed by atoms with E-state index in [-0.39, 0.29) is 0 Å². The van der Waals surface area contributed by atoms with Crippen LogP contribution in [-0.2, 0) is 0 Å². The molecule has 0 unspecified atom stereocenters. The molecule has 0 aliphatic carbocycles. The van der Waals surface area contributed by atoms with Crippen LogP contribution in [0.15, 0.2) is 279 Å². The van der Waals surface area contributed by atoms with Crippen LogP contribution in [0.1, 0.15) is 0 Å². The van der Waals surface area contributed by atoms with Crippen molar-refractivity contribution in [2.24, 2.45) is 0 Å². The summed E-state index contributed by atoms with van der Waals surface area (Å²) in [5.74, 6) is 0. The quantitative estimate of drug-likeness (QED) is 0.133. The van der Waals surface area contributed by atoms with Gasteiger partial charge in [0, 0.05) is 33.5 Å². The topological polar surface area (TPSA) is 8.17 Å². The van der Waals surface area contributed by atoms with Crippen molar-refractivity contribution >= 4 is 38.9 Å². The zero-order valence-corrected chi connectivity index (χ0v) is 37.5. The van der Waals surface area contributed by atoms with E-state index in [1.807, 2.05) is 0 Å². The maximum Gasteiger partial charge on any atom is 0.0541 e. The summed E-state index contributed by atoms with van der Waals surface area (Å²) in [6.07, 6.45) is 0. The Morgan fingerprint density at radius 2 is 0.603 bits per heavy atom. The lowest BCUT2D eigenvalue weighted by Gasteiger charge is -2.27. The first-order chi connectivity index (χ1) is 33.7. The molecule has 0 atom stereocenters. The van der Waals surface area contributed by atoms with E-state index in [9.17, 15) is 0 Å². The zero-order valence-electron chi connectivity index (χ0n) is 37.5. The molecule has 1 heterocycles. The van der Waals surface area contributed by atoms with E-state index in [0.29, 0.717) is 0 Å². The van der Waals surface area contributed by atoms with Crippen LogP contribution in [0.25, 0.3) is 94.3 Å². The maximum absolute atomic E-state index is 2.41. The Kier molecular flexibility index (Phi) is 10.6. The second-order valence-corrected chi connectivity index (χ2v) is 17.3. The minimum atomic E-state index is 1.08. The minimum absolute atomic E-state index is 1.08. The fraction of sp³-hybridized carbons (Fsp3) is 0. The zero-order chi connectivity index (χ0) is 45.2. The molecule has 1 aromatic heterocycles. The number of nitrogens with zero attached hydrogens (tertiary/aromatic N) is 2. The lowest BCUT2D eigenvalue weighted by Crippen LogP contribution is -2.10. The van der Waals surface area contributed by atoms with Crippen LogP contribution in [0.2, 0.25) is 0 Å². The summed E-state index contributed by atoms with van der Waals surface area (Å²) in [6.45, 7) is 0. The number of benzene rings is 11. The van der Waals surface area contributed by atoms with Crippen molar-refractivity contribution in [3.05, 3.63) is 279 Å². The van der Waals surface area contributed by atoms with E-state index in [0.717, 1.165) is 28.3 Å². The minimum Gasteiger partial charge on any atom is -0.310 e. The largest absolute Gasteiger partial charge is 0.310 e. The van der Waals surface area contributed by atoms with Crippen molar-refractivity contribution in [3.63, 3.8) is 0 Å². The van der Waals surface area contributed by atoms with E-state index >= 15 is 0 Å². The van der Waals surface area contributed by atoms with Crippen molar-refractivity contribution in [2.45, 2.75) is 0 Å². The fourth-order valence-electron chi connectivity index (χ4n) is 9.93. The summed E-state index contributed by atoms with van der Waals surface area (Å²) >= 11 is 0. The first-order valence-electron chi connectivity index (χ1n) is 23.3. The van der Waals surface area contributed by atoms with Crippen LogP contribution in [-0.4, -0.2) is 4.57 Å². The third-order valence-electron chi connectivity index (χ3n) is 13.2. The number of para-hydroxylation sites is 1. The molecule has 0 saturated heterocycles. The summed E-state index contributed by atoms with van der Waals surface area (Å²) in [5, 5.41) is 2.45. The highest BCUT2D eigenvalue weighted by atomic mass is 15.1. The Balaban J connectivity index is 1.01. The van der Waals surface area contributed by atoms with Gasteiger partial charge in [0.25, 0.3) is 0 Å². The van der Waals surface area contributed by atoms with Crippen LogP contribution in [0, 0.1) is 0 Å². The van der Waals surface area contributed by atoms with Gasteiger partial charge in [-0.05, 0) is 140 Å². The lowest BCUT2D eigenvalue weighted by atomic mass is 9.87. The smallest absolute Gasteiger partial charge is 0.0541 e. The van der Waals surface area contributed by atoms with Gasteiger partial charge in [0.2, 0.25) is 0 Å². The summed E-state index contributed by atoms with van der Waals surface area (Å²) < 4.78 is 2.40. The van der Waals surface area contributed by atoms with Crippen molar-refractivity contribution < 1.29 is 0 Å². The molecule has 68 heavy (non-hydrogen) atoms. The summed E-state index contributed by atoms with van der Waals surface area (Å²) in [6, 6.07) is 101. The molecule has 0 spiro atoms. The second kappa shape index (κ2) is 17.8. The van der Waals surface area contributed by atoms with Gasteiger partial charge in [-0.15, -0.1) is 0 Å². The maximum atomic E-state index is 2.41. The van der Waals surface area contributed by atoms with Gasteiger partial charge in [-0.3, -0.25) is 0 Å². The number of aromatic nitrogens is 1. The third-order valence-corrected chi connectivity index (χ3v) is 13.2. The van der Waals surface area contributed by atoms with Gasteiger partial charge < -0.3 is 9.47 Å². The van der Waals surface area contributed by atoms with E-state index in [1.165, 1.54) is 83.0 Å². The molecule has 12 aromatic rings. The van der Waals surface area contributed by atoms with Gasteiger partial charge >= 0.3 is 0 Å². The van der Waals surface area contributed by atoms with Gasteiger partial charge in [0.15, 0.2) is 0 Å². The molecule has 0 bridgehead atoms. The van der Waals surface area contributed by atoms with Crippen LogP contribution in [0.3, 0.4) is 0 Å². The summed E-state index contributed by atoms with van der Waals surface area (Å²) in [7, 11) is 0. The van der Waals surface area contributed by atoms with Gasteiger partial charge in [-0.2, -0.15) is 0 Å². The van der Waals surface area contributed by atoms with Crippen LogP contribution >= 0.6 is 0 Å². The first-order valence-corrected chi connectivity index (χ1v) is 23.3. The van der Waals surface area contributed by atoms with Crippen LogP contribution in [0.5, 0.6) is 0 Å². The lowest BCUT2D eigenvalue weighted by molar-refractivity contribution is 1.18. The van der Waals surface area contributed by atoms with Crippen molar-refractivity contribution in [3.8, 4) is 72.4 Å². The number of hydrogen-bond donors (Lipinski definition) is 0. The molecule has 0 fully saturated rings. The number of hydrogen-bond acceptors (Lipinski definition) is 1. The number of rotatable bonds is 10. The number of fused-ring (bicyclic) bond motifs is 3. The van der Waals surface area contributed by atoms with Crippen LogP contribution in [0.4, 0.5) is 17.1 Å². The van der Waals surface area contributed by atoms with Crippen LogP contribution < -0.4 is 4.90 Å². The van der Waals surface area contributed by atoms with E-state index in [1.54, 1.807) is 0 Å². The Labute approximate surface area is 397 Å². The molecule has 0 saturated carbocycles. The molecule has 0 N–H and O–H groups in total. The SMILES string of the molecule is c1ccc(-c2ccc(N(c3ccc(-c4ccccc4)cc3)c3cccc(-c4cccc(-c5ccc6c(c5)c5cc(-c7ccccc7)ccc5n6-c5ccccc5)c4-c4ccccc4)c3)cc2)cc1. The molecule has 11 aromatic carbocycles. The first kappa shape index (κ1) is 40.5. The molecular weight excluding hydrogens is 821 g/mol. The highest BCUT2D eigenvalue weighted by Gasteiger charge is 2.20. The third kappa shape index (κ3) is 7.64. The van der Waals surface area contributed by atoms with E-state index < -0.39 is 0 Å². The summed E-state index contributed by atoms with van der Waals surface area (Å²) in [4.78, 5) is 2.37. The fourth-order valence-corrected chi connectivity index (χ4v) is 9.93.